The van der Waals surface area contributed by atoms with Gasteiger partial charge in [-0.05, 0) is 39.8 Å². The SMILES string of the molecule is Cc1ccc(SN/N=C/C2CN(C(C)(C)C)C2)cc1. The quantitative estimate of drug-likeness (QED) is 0.520. The molecule has 3 nitrogen and oxygen atoms in total. The maximum atomic E-state index is 4.29. The summed E-state index contributed by atoms with van der Waals surface area (Å²) in [5.74, 6) is 0.588. The summed E-state index contributed by atoms with van der Waals surface area (Å²) in [4.78, 5) is 6.70. The molecule has 0 bridgehead atoms. The Kier molecular flexibility index (Phi) is 4.53. The molecule has 0 radical (unpaired) electrons. The third-order valence-electron chi connectivity index (χ3n) is 3.38. The van der Waals surface area contributed by atoms with Gasteiger partial charge >= 0.3 is 0 Å². The largest absolute Gasteiger partial charge is 0.297 e. The Morgan fingerprint density at radius 2 is 1.89 bits per heavy atom. The second-order valence-electron chi connectivity index (χ2n) is 6.12. The first-order chi connectivity index (χ1) is 8.95. The van der Waals surface area contributed by atoms with Crippen LogP contribution in [-0.2, 0) is 0 Å². The minimum absolute atomic E-state index is 0.286. The van der Waals surface area contributed by atoms with Gasteiger partial charge in [0.05, 0.1) is 0 Å². The van der Waals surface area contributed by atoms with Crippen molar-refractivity contribution in [2.24, 2.45) is 11.0 Å². The number of hydrogen-bond acceptors (Lipinski definition) is 4. The van der Waals surface area contributed by atoms with Crippen LogP contribution in [0.1, 0.15) is 26.3 Å². The van der Waals surface area contributed by atoms with E-state index in [1.165, 1.54) is 10.5 Å². The number of nitrogens with one attached hydrogen (secondary N) is 1. The molecule has 2 rings (SSSR count). The summed E-state index contributed by atoms with van der Waals surface area (Å²) >= 11 is 1.55. The molecule has 0 aromatic heterocycles. The van der Waals surface area contributed by atoms with Gasteiger partial charge in [-0.15, -0.1) is 0 Å². The Labute approximate surface area is 120 Å². The van der Waals surface area contributed by atoms with Crippen molar-refractivity contribution in [2.45, 2.75) is 38.1 Å². The lowest BCUT2D eigenvalue weighted by Gasteiger charge is -2.46. The lowest BCUT2D eigenvalue weighted by molar-refractivity contribution is 0.0438. The number of rotatable bonds is 4. The molecule has 1 fully saturated rings. The minimum atomic E-state index is 0.286. The van der Waals surface area contributed by atoms with Crippen molar-refractivity contribution in [3.8, 4) is 0 Å². The Morgan fingerprint density at radius 3 is 2.47 bits per heavy atom. The van der Waals surface area contributed by atoms with Crippen molar-refractivity contribution in [1.82, 2.24) is 9.73 Å². The predicted molar refractivity (Wildman–Crippen MR) is 83.5 cm³/mol. The standard InChI is InChI=1S/C15H23N3S/c1-12-5-7-14(8-6-12)19-17-16-9-13-10-18(11-13)15(2,3)4/h5-9,13,17H,10-11H2,1-4H3/b16-9+. The van der Waals surface area contributed by atoms with Crippen LogP contribution in [-0.4, -0.2) is 29.7 Å². The van der Waals surface area contributed by atoms with E-state index in [1.807, 2.05) is 6.21 Å². The number of nitrogens with zero attached hydrogens (tertiary/aromatic N) is 2. The summed E-state index contributed by atoms with van der Waals surface area (Å²) in [5, 5.41) is 4.29. The molecule has 1 aliphatic heterocycles. The average molecular weight is 277 g/mol. The first-order valence-corrected chi connectivity index (χ1v) is 7.53. The molecule has 0 saturated carbocycles. The molecule has 0 amide bonds. The van der Waals surface area contributed by atoms with E-state index in [9.17, 15) is 0 Å². The third kappa shape index (κ3) is 4.25. The number of benzene rings is 1. The van der Waals surface area contributed by atoms with Crippen LogP contribution in [0, 0.1) is 12.8 Å². The average Bonchev–Trinajstić information content (AvgIpc) is 2.27. The van der Waals surface area contributed by atoms with E-state index in [2.05, 4.69) is 66.8 Å². The van der Waals surface area contributed by atoms with Crippen LogP contribution < -0.4 is 4.83 Å². The molecule has 104 valence electrons. The second-order valence-corrected chi connectivity index (χ2v) is 6.98. The van der Waals surface area contributed by atoms with Gasteiger partial charge in [-0.3, -0.25) is 4.90 Å². The summed E-state index contributed by atoms with van der Waals surface area (Å²) < 4.78 is 0. The van der Waals surface area contributed by atoms with E-state index in [-0.39, 0.29) is 5.54 Å². The molecule has 0 unspecified atom stereocenters. The molecule has 0 spiro atoms. The number of likely N-dealkylation sites (tertiary alicyclic amines) is 1. The topological polar surface area (TPSA) is 27.6 Å². The van der Waals surface area contributed by atoms with E-state index in [0.29, 0.717) is 5.92 Å². The van der Waals surface area contributed by atoms with Gasteiger partial charge in [-0.25, -0.2) is 4.83 Å². The van der Waals surface area contributed by atoms with Crippen LogP contribution in [0.3, 0.4) is 0 Å². The maximum absolute atomic E-state index is 4.29. The molecule has 1 aromatic rings. The zero-order valence-electron chi connectivity index (χ0n) is 12.2. The van der Waals surface area contributed by atoms with E-state index >= 15 is 0 Å². The molecule has 0 aliphatic carbocycles. The molecule has 19 heavy (non-hydrogen) atoms. The molecule has 4 heteroatoms. The molecule has 0 atom stereocenters. The molecule has 1 aromatic carbocycles. The molecule has 1 heterocycles. The Bertz CT molecular complexity index is 428. The van der Waals surface area contributed by atoms with E-state index in [4.69, 9.17) is 0 Å². The summed E-state index contributed by atoms with van der Waals surface area (Å²) in [5.41, 5.74) is 1.57. The van der Waals surface area contributed by atoms with E-state index in [1.54, 1.807) is 11.9 Å². The fraction of sp³-hybridized carbons (Fsp3) is 0.533. The highest BCUT2D eigenvalue weighted by Gasteiger charge is 2.33. The van der Waals surface area contributed by atoms with Crippen LogP contribution in [0.5, 0.6) is 0 Å². The van der Waals surface area contributed by atoms with Gasteiger partial charge in [0, 0.05) is 47.6 Å². The van der Waals surface area contributed by atoms with Crippen LogP contribution in [0.4, 0.5) is 0 Å². The van der Waals surface area contributed by atoms with Crippen molar-refractivity contribution in [3.63, 3.8) is 0 Å². The lowest BCUT2D eigenvalue weighted by atomic mass is 9.93. The highest BCUT2D eigenvalue weighted by atomic mass is 32.2. The molecule has 1 N–H and O–H groups in total. The number of hydrogen-bond donors (Lipinski definition) is 1. The Morgan fingerprint density at radius 1 is 1.26 bits per heavy atom. The summed E-state index contributed by atoms with van der Waals surface area (Å²) in [6, 6.07) is 8.43. The predicted octanol–water partition coefficient (Wildman–Crippen LogP) is 3.31. The van der Waals surface area contributed by atoms with Crippen molar-refractivity contribution < 1.29 is 0 Å². The monoisotopic (exact) mass is 277 g/mol. The summed E-state index contributed by atoms with van der Waals surface area (Å²) in [6.45, 7) is 11.1. The van der Waals surface area contributed by atoms with Gasteiger partial charge in [0.2, 0.25) is 0 Å². The summed E-state index contributed by atoms with van der Waals surface area (Å²) in [6.07, 6.45) is 2.03. The van der Waals surface area contributed by atoms with Gasteiger partial charge < -0.3 is 0 Å². The zero-order chi connectivity index (χ0) is 13.9. The molecule has 1 saturated heterocycles. The van der Waals surface area contributed by atoms with Crippen LogP contribution in [0.15, 0.2) is 34.3 Å². The first kappa shape index (κ1) is 14.4. The van der Waals surface area contributed by atoms with Crippen LogP contribution in [0.2, 0.25) is 0 Å². The minimum Gasteiger partial charge on any atom is -0.297 e. The van der Waals surface area contributed by atoms with Crippen molar-refractivity contribution in [3.05, 3.63) is 29.8 Å². The fourth-order valence-electron chi connectivity index (χ4n) is 1.98. The first-order valence-electron chi connectivity index (χ1n) is 6.72. The van der Waals surface area contributed by atoms with Crippen molar-refractivity contribution in [2.75, 3.05) is 13.1 Å². The van der Waals surface area contributed by atoms with Gasteiger partial charge in [0.25, 0.3) is 0 Å². The number of hydrazone groups is 1. The van der Waals surface area contributed by atoms with Crippen LogP contribution in [0.25, 0.3) is 0 Å². The Hall–Kier alpha value is -1.00. The molecule has 1 aliphatic rings. The Balaban J connectivity index is 1.67. The van der Waals surface area contributed by atoms with Gasteiger partial charge in [-0.1, -0.05) is 17.7 Å². The maximum Gasteiger partial charge on any atom is 0.0309 e. The van der Waals surface area contributed by atoms with Gasteiger partial charge in [0.15, 0.2) is 0 Å². The fourth-order valence-corrected chi connectivity index (χ4v) is 2.47. The number of aryl methyl sites for hydroxylation is 1. The highest BCUT2D eigenvalue weighted by molar-refractivity contribution is 7.97. The smallest absolute Gasteiger partial charge is 0.0309 e. The van der Waals surface area contributed by atoms with E-state index < -0.39 is 0 Å². The molecular formula is C15H23N3S. The second kappa shape index (κ2) is 5.97. The van der Waals surface area contributed by atoms with Gasteiger partial charge in [-0.2, -0.15) is 5.10 Å². The third-order valence-corrected chi connectivity index (χ3v) is 4.09. The normalized spacial score (nSPS) is 17.7. The molecular weight excluding hydrogens is 254 g/mol. The summed E-state index contributed by atoms with van der Waals surface area (Å²) in [7, 11) is 0. The van der Waals surface area contributed by atoms with Crippen LogP contribution >= 0.6 is 11.9 Å². The highest BCUT2D eigenvalue weighted by Crippen LogP contribution is 2.24. The van der Waals surface area contributed by atoms with Gasteiger partial charge in [0.1, 0.15) is 0 Å². The zero-order valence-corrected chi connectivity index (χ0v) is 13.0. The lowest BCUT2D eigenvalue weighted by Crippen LogP contribution is -2.56. The van der Waals surface area contributed by atoms with Crippen molar-refractivity contribution >= 4 is 18.2 Å². The van der Waals surface area contributed by atoms with E-state index in [0.717, 1.165) is 13.1 Å². The van der Waals surface area contributed by atoms with Crippen molar-refractivity contribution in [1.29, 1.82) is 0 Å².